The molecular formula is C13H16N4O2. The minimum Gasteiger partial charge on any atom is -0.424 e. The molecule has 3 rings (SSSR count). The molecule has 1 aliphatic heterocycles. The first-order valence-corrected chi connectivity index (χ1v) is 6.37. The predicted octanol–water partition coefficient (Wildman–Crippen LogP) is 1.91. The third-order valence-electron chi connectivity index (χ3n) is 3.38. The van der Waals surface area contributed by atoms with Crippen LogP contribution in [-0.4, -0.2) is 29.3 Å². The first-order chi connectivity index (χ1) is 9.29. The van der Waals surface area contributed by atoms with Crippen molar-refractivity contribution in [1.29, 1.82) is 0 Å². The van der Waals surface area contributed by atoms with Crippen LogP contribution < -0.4 is 9.80 Å². The highest BCUT2D eigenvalue weighted by Crippen LogP contribution is 2.30. The van der Waals surface area contributed by atoms with Crippen LogP contribution in [-0.2, 0) is 11.8 Å². The summed E-state index contributed by atoms with van der Waals surface area (Å²) >= 11 is 0. The molecule has 0 atom stereocenters. The zero-order valence-corrected chi connectivity index (χ0v) is 10.8. The van der Waals surface area contributed by atoms with Crippen LogP contribution in [0.2, 0.25) is 0 Å². The van der Waals surface area contributed by atoms with Crippen molar-refractivity contribution in [3.8, 4) is 0 Å². The molecule has 0 bridgehead atoms. The number of hydrogen-bond acceptors (Lipinski definition) is 4. The van der Waals surface area contributed by atoms with Gasteiger partial charge >= 0.3 is 0 Å². The zero-order valence-electron chi connectivity index (χ0n) is 10.8. The molecule has 2 aromatic heterocycles. The van der Waals surface area contributed by atoms with Gasteiger partial charge < -0.3 is 9.32 Å². The molecule has 0 spiro atoms. The maximum atomic E-state index is 11.3. The Labute approximate surface area is 111 Å². The van der Waals surface area contributed by atoms with Gasteiger partial charge in [-0.05, 0) is 12.8 Å². The van der Waals surface area contributed by atoms with Crippen molar-refractivity contribution in [2.75, 3.05) is 22.9 Å². The number of rotatable bonds is 4. The molecule has 6 heteroatoms. The first kappa shape index (κ1) is 11.8. The summed E-state index contributed by atoms with van der Waals surface area (Å²) in [6.07, 6.45) is 4.77. The molecule has 19 heavy (non-hydrogen) atoms. The van der Waals surface area contributed by atoms with Gasteiger partial charge in [0.05, 0.1) is 6.20 Å². The molecule has 0 N–H and O–H groups in total. The van der Waals surface area contributed by atoms with Crippen LogP contribution in [0.5, 0.6) is 0 Å². The van der Waals surface area contributed by atoms with Gasteiger partial charge in [0, 0.05) is 38.3 Å². The van der Waals surface area contributed by atoms with E-state index >= 15 is 0 Å². The lowest BCUT2D eigenvalue weighted by Crippen LogP contribution is -2.18. The van der Waals surface area contributed by atoms with Crippen LogP contribution in [0.3, 0.4) is 0 Å². The van der Waals surface area contributed by atoms with Crippen molar-refractivity contribution in [3.05, 3.63) is 24.4 Å². The van der Waals surface area contributed by atoms with Crippen LogP contribution in [0.4, 0.5) is 17.6 Å². The van der Waals surface area contributed by atoms with Crippen molar-refractivity contribution in [2.45, 2.75) is 12.8 Å². The number of carbonyl (C=O) groups is 1. The Kier molecular flexibility index (Phi) is 2.98. The summed E-state index contributed by atoms with van der Waals surface area (Å²) in [5.74, 6) is 2.01. The predicted molar refractivity (Wildman–Crippen MR) is 71.6 cm³/mol. The quantitative estimate of drug-likeness (QED) is 0.788. The maximum absolute atomic E-state index is 11.3. The van der Waals surface area contributed by atoms with Gasteiger partial charge in [-0.1, -0.05) is 0 Å². The topological polar surface area (TPSA) is 54.5 Å². The fraction of sp³-hybridized carbons (Fsp3) is 0.385. The van der Waals surface area contributed by atoms with Crippen molar-refractivity contribution >= 4 is 24.0 Å². The highest BCUT2D eigenvalue weighted by molar-refractivity contribution is 5.82. The van der Waals surface area contributed by atoms with Gasteiger partial charge in [-0.3, -0.25) is 9.48 Å². The molecule has 2 aromatic rings. The number of nitrogens with zero attached hydrogens (tertiary/aromatic N) is 4. The van der Waals surface area contributed by atoms with E-state index in [4.69, 9.17) is 4.42 Å². The fourth-order valence-electron chi connectivity index (χ4n) is 2.38. The van der Waals surface area contributed by atoms with Gasteiger partial charge in [0.25, 0.3) is 0 Å². The van der Waals surface area contributed by atoms with Crippen LogP contribution >= 0.6 is 0 Å². The summed E-state index contributed by atoms with van der Waals surface area (Å²) < 4.78 is 7.41. The van der Waals surface area contributed by atoms with Gasteiger partial charge in [-0.2, -0.15) is 5.10 Å². The molecule has 1 saturated heterocycles. The third-order valence-corrected chi connectivity index (χ3v) is 3.38. The van der Waals surface area contributed by atoms with Crippen LogP contribution in [0.25, 0.3) is 0 Å². The Morgan fingerprint density at radius 3 is 2.74 bits per heavy atom. The van der Waals surface area contributed by atoms with Gasteiger partial charge in [-0.15, -0.1) is 0 Å². The van der Waals surface area contributed by atoms with Gasteiger partial charge in [0.2, 0.25) is 12.3 Å². The van der Waals surface area contributed by atoms with E-state index in [1.807, 2.05) is 12.1 Å². The second-order valence-electron chi connectivity index (χ2n) is 4.59. The lowest BCUT2D eigenvalue weighted by atomic mass is 10.4. The number of carbonyl (C=O) groups excluding carboxylic acids is 1. The molecular weight excluding hydrogens is 244 g/mol. The Bertz CT molecular complexity index is 569. The zero-order chi connectivity index (χ0) is 13.2. The summed E-state index contributed by atoms with van der Waals surface area (Å²) in [6, 6.07) is 5.50. The van der Waals surface area contributed by atoms with Crippen LogP contribution in [0, 0.1) is 0 Å². The normalized spacial score (nSPS) is 14.9. The molecule has 1 aliphatic rings. The largest absolute Gasteiger partial charge is 0.424 e. The maximum Gasteiger partial charge on any atom is 0.222 e. The summed E-state index contributed by atoms with van der Waals surface area (Å²) in [4.78, 5) is 14.9. The molecule has 0 radical (unpaired) electrons. The summed E-state index contributed by atoms with van der Waals surface area (Å²) in [6.45, 7) is 2.03. The number of furan rings is 1. The van der Waals surface area contributed by atoms with E-state index in [9.17, 15) is 4.79 Å². The summed E-state index contributed by atoms with van der Waals surface area (Å²) in [7, 11) is 1.79. The number of aromatic nitrogens is 2. The number of amides is 1. The first-order valence-electron chi connectivity index (χ1n) is 6.37. The van der Waals surface area contributed by atoms with Gasteiger partial charge in [-0.25, -0.2) is 4.90 Å². The van der Waals surface area contributed by atoms with Crippen LogP contribution in [0.15, 0.2) is 28.8 Å². The molecule has 0 unspecified atom stereocenters. The Balaban J connectivity index is 1.88. The van der Waals surface area contributed by atoms with Gasteiger partial charge in [0.1, 0.15) is 5.82 Å². The van der Waals surface area contributed by atoms with E-state index < -0.39 is 0 Å². The summed E-state index contributed by atoms with van der Waals surface area (Å²) in [5, 5.41) is 4.06. The smallest absolute Gasteiger partial charge is 0.222 e. The lowest BCUT2D eigenvalue weighted by Gasteiger charge is -2.16. The summed E-state index contributed by atoms with van der Waals surface area (Å²) in [5.41, 5.74) is 0. The number of aryl methyl sites for hydroxylation is 1. The average molecular weight is 260 g/mol. The van der Waals surface area contributed by atoms with E-state index in [1.165, 1.54) is 17.7 Å². The molecule has 0 aromatic carbocycles. The van der Waals surface area contributed by atoms with E-state index in [0.29, 0.717) is 11.7 Å². The minimum absolute atomic E-state index is 0.514. The van der Waals surface area contributed by atoms with Crippen LogP contribution in [0.1, 0.15) is 12.8 Å². The molecule has 0 saturated carbocycles. The van der Waals surface area contributed by atoms with Crippen molar-refractivity contribution in [2.24, 2.45) is 7.05 Å². The lowest BCUT2D eigenvalue weighted by molar-refractivity contribution is -0.107. The Morgan fingerprint density at radius 2 is 2.11 bits per heavy atom. The number of hydrogen-bond donors (Lipinski definition) is 0. The highest BCUT2D eigenvalue weighted by atomic mass is 16.4. The van der Waals surface area contributed by atoms with E-state index in [1.54, 1.807) is 24.0 Å². The van der Waals surface area contributed by atoms with E-state index in [0.717, 1.165) is 25.4 Å². The SMILES string of the molecule is Cn1nccc1N(C=O)c1ccc(N2CCCC2)o1. The minimum atomic E-state index is 0.514. The van der Waals surface area contributed by atoms with E-state index in [-0.39, 0.29) is 0 Å². The Hall–Kier alpha value is -2.24. The van der Waals surface area contributed by atoms with Gasteiger partial charge in [0.15, 0.2) is 5.88 Å². The molecule has 3 heterocycles. The second kappa shape index (κ2) is 4.79. The number of anilines is 3. The van der Waals surface area contributed by atoms with Crippen molar-refractivity contribution in [3.63, 3.8) is 0 Å². The second-order valence-corrected chi connectivity index (χ2v) is 4.59. The molecule has 1 amide bonds. The monoisotopic (exact) mass is 260 g/mol. The Morgan fingerprint density at radius 1 is 1.32 bits per heavy atom. The average Bonchev–Trinajstić information content (AvgIpc) is 3.11. The third kappa shape index (κ3) is 2.09. The molecule has 1 fully saturated rings. The highest BCUT2D eigenvalue weighted by Gasteiger charge is 2.19. The molecule has 100 valence electrons. The van der Waals surface area contributed by atoms with E-state index in [2.05, 4.69) is 10.00 Å². The molecule has 6 nitrogen and oxygen atoms in total. The standard InChI is InChI=1S/C13H16N4O2/c1-15-11(6-7-14-15)17(10-18)13-5-4-12(19-13)16-8-2-3-9-16/h4-7,10H,2-3,8-9H2,1H3. The van der Waals surface area contributed by atoms with Crippen molar-refractivity contribution in [1.82, 2.24) is 9.78 Å². The molecule has 0 aliphatic carbocycles. The van der Waals surface area contributed by atoms with Crippen molar-refractivity contribution < 1.29 is 9.21 Å². The fourth-order valence-corrected chi connectivity index (χ4v) is 2.38.